The van der Waals surface area contributed by atoms with Gasteiger partial charge in [0.1, 0.15) is 11.6 Å². The minimum atomic E-state index is -0.185. The van der Waals surface area contributed by atoms with Crippen LogP contribution in [0.1, 0.15) is 27.0 Å². The number of nitrogens with one attached hydrogen (secondary N) is 1. The number of rotatable bonds is 3. The average Bonchev–Trinajstić information content (AvgIpc) is 2.73. The van der Waals surface area contributed by atoms with Crippen LogP contribution in [-0.4, -0.2) is 23.1 Å². The molecule has 0 amide bonds. The van der Waals surface area contributed by atoms with Crippen LogP contribution in [0, 0.1) is 13.8 Å². The Hall–Kier alpha value is -2.30. The Morgan fingerprint density at radius 2 is 2.11 bits per heavy atom. The number of methoxy groups -OCH3 is 1. The summed E-state index contributed by atoms with van der Waals surface area (Å²) in [4.78, 5) is 12.4. The first-order chi connectivity index (χ1) is 8.54. The monoisotopic (exact) mass is 245 g/mol. The molecule has 0 atom stereocenters. The number of aryl methyl sites for hydroxylation is 2. The quantitative estimate of drug-likeness (QED) is 0.808. The second-order valence-electron chi connectivity index (χ2n) is 4.19. The fourth-order valence-electron chi connectivity index (χ4n) is 1.99. The van der Waals surface area contributed by atoms with Gasteiger partial charge in [0.15, 0.2) is 0 Å². The van der Waals surface area contributed by atoms with E-state index in [1.54, 1.807) is 7.11 Å². The molecule has 5 heteroatoms. The smallest absolute Gasteiger partial charge is 0.202 e. The van der Waals surface area contributed by atoms with Crippen LogP contribution in [-0.2, 0) is 0 Å². The third-order valence-corrected chi connectivity index (χ3v) is 2.80. The van der Waals surface area contributed by atoms with E-state index in [1.165, 1.54) is 6.20 Å². The van der Waals surface area contributed by atoms with Crippen LogP contribution >= 0.6 is 0 Å². The van der Waals surface area contributed by atoms with E-state index >= 15 is 0 Å². The molecule has 18 heavy (non-hydrogen) atoms. The molecule has 0 saturated carbocycles. The zero-order valence-electron chi connectivity index (χ0n) is 10.6. The highest BCUT2D eigenvalue weighted by atomic mass is 16.5. The summed E-state index contributed by atoms with van der Waals surface area (Å²) in [5.74, 6) is 0.635. The van der Waals surface area contributed by atoms with E-state index < -0.39 is 0 Å². The van der Waals surface area contributed by atoms with Gasteiger partial charge in [-0.3, -0.25) is 9.89 Å². The zero-order valence-corrected chi connectivity index (χ0v) is 10.6. The topological polar surface area (TPSA) is 81.0 Å². The number of hydrogen-bond donors (Lipinski definition) is 2. The number of nitrogens with zero attached hydrogens (tertiary/aromatic N) is 1. The van der Waals surface area contributed by atoms with Crippen molar-refractivity contribution < 1.29 is 9.53 Å². The molecule has 2 rings (SSSR count). The van der Waals surface area contributed by atoms with E-state index in [-0.39, 0.29) is 11.6 Å². The van der Waals surface area contributed by atoms with Crippen molar-refractivity contribution in [1.82, 2.24) is 10.2 Å². The van der Waals surface area contributed by atoms with Gasteiger partial charge in [0.2, 0.25) is 5.78 Å². The van der Waals surface area contributed by atoms with Crippen molar-refractivity contribution in [2.24, 2.45) is 0 Å². The number of carbonyl (C=O) groups is 1. The lowest BCUT2D eigenvalue weighted by Crippen LogP contribution is -2.08. The molecule has 0 aliphatic rings. The van der Waals surface area contributed by atoms with Crippen LogP contribution in [0.25, 0.3) is 0 Å². The lowest BCUT2D eigenvalue weighted by atomic mass is 9.97. The number of benzene rings is 1. The Morgan fingerprint density at radius 1 is 1.39 bits per heavy atom. The SMILES string of the molecule is COc1cc(C)cc(C)c1C(=O)c1cn[nH]c1N. The maximum atomic E-state index is 12.4. The number of aromatic amines is 1. The number of nitrogens with two attached hydrogens (primary N) is 1. The average molecular weight is 245 g/mol. The van der Waals surface area contributed by atoms with E-state index in [0.29, 0.717) is 16.9 Å². The van der Waals surface area contributed by atoms with Gasteiger partial charge >= 0.3 is 0 Å². The number of anilines is 1. The van der Waals surface area contributed by atoms with Gasteiger partial charge in [-0.25, -0.2) is 0 Å². The first kappa shape index (κ1) is 12.2. The summed E-state index contributed by atoms with van der Waals surface area (Å²) >= 11 is 0. The molecule has 1 aromatic carbocycles. The molecular formula is C13H15N3O2. The first-order valence-electron chi connectivity index (χ1n) is 5.53. The largest absolute Gasteiger partial charge is 0.496 e. The van der Waals surface area contributed by atoms with E-state index in [9.17, 15) is 4.79 Å². The standard InChI is InChI=1S/C13H15N3O2/c1-7-4-8(2)11(10(5-7)18-3)12(17)9-6-15-16-13(9)14/h4-6H,1-3H3,(H3,14,15,16). The lowest BCUT2D eigenvalue weighted by molar-refractivity contribution is 0.103. The van der Waals surface area contributed by atoms with Crippen LogP contribution in [0.4, 0.5) is 5.82 Å². The number of aromatic nitrogens is 2. The fraction of sp³-hybridized carbons (Fsp3) is 0.231. The highest BCUT2D eigenvalue weighted by Crippen LogP contribution is 2.27. The zero-order chi connectivity index (χ0) is 13.3. The second-order valence-corrected chi connectivity index (χ2v) is 4.19. The third-order valence-electron chi connectivity index (χ3n) is 2.80. The van der Waals surface area contributed by atoms with Gasteiger partial charge in [0.05, 0.1) is 24.4 Å². The van der Waals surface area contributed by atoms with Crippen molar-refractivity contribution >= 4 is 11.6 Å². The summed E-state index contributed by atoms with van der Waals surface area (Å²) < 4.78 is 5.27. The number of nitrogen functional groups attached to an aromatic ring is 1. The van der Waals surface area contributed by atoms with Crippen LogP contribution in [0.5, 0.6) is 5.75 Å². The van der Waals surface area contributed by atoms with E-state index in [2.05, 4.69) is 10.2 Å². The van der Waals surface area contributed by atoms with Gasteiger partial charge in [-0.2, -0.15) is 5.10 Å². The number of carbonyl (C=O) groups excluding carboxylic acids is 1. The van der Waals surface area contributed by atoms with Gasteiger partial charge in [-0.15, -0.1) is 0 Å². The number of H-pyrrole nitrogens is 1. The molecule has 0 aliphatic carbocycles. The van der Waals surface area contributed by atoms with Crippen molar-refractivity contribution in [3.63, 3.8) is 0 Å². The molecule has 1 heterocycles. The predicted molar refractivity (Wildman–Crippen MR) is 68.9 cm³/mol. The molecule has 0 spiro atoms. The molecule has 94 valence electrons. The molecular weight excluding hydrogens is 230 g/mol. The minimum Gasteiger partial charge on any atom is -0.496 e. The van der Waals surface area contributed by atoms with Crippen molar-refractivity contribution in [2.75, 3.05) is 12.8 Å². The number of ether oxygens (including phenoxy) is 1. The second kappa shape index (κ2) is 4.52. The molecule has 5 nitrogen and oxygen atoms in total. The summed E-state index contributed by atoms with van der Waals surface area (Å²) in [7, 11) is 1.55. The van der Waals surface area contributed by atoms with Gasteiger partial charge in [-0.05, 0) is 31.0 Å². The van der Waals surface area contributed by atoms with Crippen molar-refractivity contribution in [3.05, 3.63) is 40.6 Å². The maximum absolute atomic E-state index is 12.4. The van der Waals surface area contributed by atoms with Crippen LogP contribution < -0.4 is 10.5 Å². The van der Waals surface area contributed by atoms with Crippen molar-refractivity contribution in [1.29, 1.82) is 0 Å². The van der Waals surface area contributed by atoms with Gasteiger partial charge < -0.3 is 10.5 Å². The van der Waals surface area contributed by atoms with Crippen LogP contribution in [0.3, 0.4) is 0 Å². The molecule has 0 saturated heterocycles. The maximum Gasteiger partial charge on any atom is 0.202 e. The van der Waals surface area contributed by atoms with Crippen molar-refractivity contribution in [2.45, 2.75) is 13.8 Å². The molecule has 3 N–H and O–H groups in total. The lowest BCUT2D eigenvalue weighted by Gasteiger charge is -2.11. The molecule has 0 unspecified atom stereocenters. The van der Waals surface area contributed by atoms with Crippen LogP contribution in [0.2, 0.25) is 0 Å². The Labute approximate surface area is 105 Å². The molecule has 1 aromatic heterocycles. The number of hydrogen-bond acceptors (Lipinski definition) is 4. The van der Waals surface area contributed by atoms with E-state index in [1.807, 2.05) is 26.0 Å². The molecule has 0 aliphatic heterocycles. The summed E-state index contributed by atoms with van der Waals surface area (Å²) in [6, 6.07) is 3.77. The third kappa shape index (κ3) is 1.95. The summed E-state index contributed by atoms with van der Waals surface area (Å²) in [5.41, 5.74) is 8.46. The number of ketones is 1. The highest BCUT2D eigenvalue weighted by Gasteiger charge is 2.20. The molecule has 0 fully saturated rings. The summed E-state index contributed by atoms with van der Waals surface area (Å²) in [6.45, 7) is 3.83. The Kier molecular flexibility index (Phi) is 3.06. The fourth-order valence-corrected chi connectivity index (χ4v) is 1.99. The Balaban J connectivity index is 2.58. The normalized spacial score (nSPS) is 10.4. The highest BCUT2D eigenvalue weighted by molar-refractivity contribution is 6.13. The van der Waals surface area contributed by atoms with Gasteiger partial charge in [0, 0.05) is 0 Å². The van der Waals surface area contributed by atoms with Crippen LogP contribution in [0.15, 0.2) is 18.3 Å². The van der Waals surface area contributed by atoms with Gasteiger partial charge in [-0.1, -0.05) is 6.07 Å². The van der Waals surface area contributed by atoms with E-state index in [4.69, 9.17) is 10.5 Å². The van der Waals surface area contributed by atoms with Gasteiger partial charge in [0.25, 0.3) is 0 Å². The Bertz CT molecular complexity index is 602. The molecule has 2 aromatic rings. The molecule has 0 bridgehead atoms. The Morgan fingerprint density at radius 3 is 2.67 bits per heavy atom. The predicted octanol–water partition coefficient (Wildman–Crippen LogP) is 1.85. The van der Waals surface area contributed by atoms with Crippen molar-refractivity contribution in [3.8, 4) is 5.75 Å². The minimum absolute atomic E-state index is 0.185. The van der Waals surface area contributed by atoms with E-state index in [0.717, 1.165) is 11.1 Å². The summed E-state index contributed by atoms with van der Waals surface area (Å²) in [5, 5.41) is 6.31. The first-order valence-corrected chi connectivity index (χ1v) is 5.53. The molecule has 0 radical (unpaired) electrons. The summed E-state index contributed by atoms with van der Waals surface area (Å²) in [6.07, 6.45) is 1.43.